The summed E-state index contributed by atoms with van der Waals surface area (Å²) in [7, 11) is 3.15. The normalized spacial score (nSPS) is 16.5. The summed E-state index contributed by atoms with van der Waals surface area (Å²) in [6.07, 6.45) is 4.69. The number of halogens is 1. The number of benzene rings is 2. The topological polar surface area (TPSA) is 102 Å². The van der Waals surface area contributed by atoms with Crippen LogP contribution < -0.4 is 25.4 Å². The number of amides is 3. The van der Waals surface area contributed by atoms with Crippen molar-refractivity contribution in [3.63, 3.8) is 0 Å². The quantitative estimate of drug-likeness (QED) is 0.455. The number of carbonyl (C=O) groups is 2. The van der Waals surface area contributed by atoms with E-state index in [2.05, 4.69) is 16.0 Å². The van der Waals surface area contributed by atoms with Crippen molar-refractivity contribution in [3.8, 4) is 11.5 Å². The second-order valence-corrected chi connectivity index (χ2v) is 9.13. The van der Waals surface area contributed by atoms with Crippen molar-refractivity contribution in [2.24, 2.45) is 0 Å². The molecule has 0 bridgehead atoms. The highest BCUT2D eigenvalue weighted by Gasteiger charge is 2.43. The Bertz CT molecular complexity index is 1280. The van der Waals surface area contributed by atoms with E-state index in [-0.39, 0.29) is 24.2 Å². The Morgan fingerprint density at radius 2 is 1.94 bits per heavy atom. The molecule has 1 saturated carbocycles. The number of methoxy groups -OCH3 is 2. The zero-order valence-corrected chi connectivity index (χ0v) is 19.8. The molecular weight excluding hydrogens is 458 g/mol. The van der Waals surface area contributed by atoms with Gasteiger partial charge < -0.3 is 29.8 Å². The van der Waals surface area contributed by atoms with Crippen molar-refractivity contribution >= 4 is 40.2 Å². The van der Waals surface area contributed by atoms with Gasteiger partial charge in [-0.25, -0.2) is 4.79 Å². The smallest absolute Gasteiger partial charge is 0.319 e. The maximum atomic E-state index is 13.0. The summed E-state index contributed by atoms with van der Waals surface area (Å²) in [6.45, 7) is 0.253. The van der Waals surface area contributed by atoms with E-state index in [1.165, 1.54) is 0 Å². The number of ether oxygens (including phenoxy) is 2. The maximum absolute atomic E-state index is 13.0. The van der Waals surface area contributed by atoms with Crippen LogP contribution in [0.4, 0.5) is 10.5 Å². The zero-order valence-electron chi connectivity index (χ0n) is 19.0. The molecule has 2 aliphatic rings. The third-order valence-electron chi connectivity index (χ3n) is 6.69. The Kier molecular flexibility index (Phi) is 5.77. The number of nitrogens with one attached hydrogen (secondary N) is 3. The molecule has 1 aliphatic heterocycles. The van der Waals surface area contributed by atoms with Gasteiger partial charge in [-0.1, -0.05) is 30.9 Å². The molecule has 34 heavy (non-hydrogen) atoms. The van der Waals surface area contributed by atoms with Gasteiger partial charge in [0.1, 0.15) is 17.1 Å². The van der Waals surface area contributed by atoms with Crippen LogP contribution in [0.15, 0.2) is 34.7 Å². The van der Waals surface area contributed by atoms with Crippen LogP contribution in [0, 0.1) is 0 Å². The van der Waals surface area contributed by atoms with E-state index in [9.17, 15) is 9.59 Å². The molecule has 1 aliphatic carbocycles. The van der Waals surface area contributed by atoms with Gasteiger partial charge >= 0.3 is 6.03 Å². The second kappa shape index (κ2) is 8.76. The van der Waals surface area contributed by atoms with Gasteiger partial charge in [-0.05, 0) is 37.1 Å². The van der Waals surface area contributed by atoms with Gasteiger partial charge in [0.15, 0.2) is 5.76 Å². The van der Waals surface area contributed by atoms with E-state index in [0.29, 0.717) is 27.8 Å². The maximum Gasteiger partial charge on any atom is 0.319 e. The van der Waals surface area contributed by atoms with E-state index in [1.54, 1.807) is 32.4 Å². The molecule has 8 nitrogen and oxygen atoms in total. The van der Waals surface area contributed by atoms with Crippen LogP contribution in [0.3, 0.4) is 0 Å². The molecule has 3 N–H and O–H groups in total. The molecule has 1 aromatic heterocycles. The van der Waals surface area contributed by atoms with Crippen LogP contribution in [0.1, 0.15) is 53.8 Å². The Hall–Kier alpha value is -3.39. The van der Waals surface area contributed by atoms with Gasteiger partial charge in [0.25, 0.3) is 5.91 Å². The predicted molar refractivity (Wildman–Crippen MR) is 129 cm³/mol. The summed E-state index contributed by atoms with van der Waals surface area (Å²) < 4.78 is 16.8. The number of carbonyl (C=O) groups excluding carboxylic acids is 2. The number of fused-ring (bicyclic) bond motifs is 4. The van der Waals surface area contributed by atoms with Crippen LogP contribution in [-0.2, 0) is 12.1 Å². The van der Waals surface area contributed by atoms with E-state index >= 15 is 0 Å². The van der Waals surface area contributed by atoms with Gasteiger partial charge in [0, 0.05) is 29.1 Å². The molecule has 178 valence electrons. The van der Waals surface area contributed by atoms with Crippen molar-refractivity contribution in [1.29, 1.82) is 0 Å². The summed E-state index contributed by atoms with van der Waals surface area (Å²) in [5.74, 6) is 1.11. The van der Waals surface area contributed by atoms with Gasteiger partial charge in [0.05, 0.1) is 30.5 Å². The number of hydrogen-bond donors (Lipinski definition) is 3. The fourth-order valence-electron chi connectivity index (χ4n) is 5.06. The van der Waals surface area contributed by atoms with Gasteiger partial charge in [-0.15, -0.1) is 0 Å². The fourth-order valence-corrected chi connectivity index (χ4v) is 5.31. The summed E-state index contributed by atoms with van der Waals surface area (Å²) in [6, 6.07) is 8.56. The second-order valence-electron chi connectivity index (χ2n) is 8.72. The molecule has 1 spiro atoms. The van der Waals surface area contributed by atoms with Crippen LogP contribution in [0.5, 0.6) is 11.5 Å². The molecule has 3 amide bonds. The Balaban J connectivity index is 1.48. The lowest BCUT2D eigenvalue weighted by Gasteiger charge is -2.42. The number of rotatable bonds is 5. The molecule has 2 aromatic carbocycles. The number of urea groups is 1. The first-order valence-corrected chi connectivity index (χ1v) is 11.7. The van der Waals surface area contributed by atoms with E-state index in [0.717, 1.165) is 48.6 Å². The first-order chi connectivity index (χ1) is 16.4. The monoisotopic (exact) mass is 483 g/mol. The molecule has 5 rings (SSSR count). The lowest BCUT2D eigenvalue weighted by molar-refractivity contribution is 0.0924. The fraction of sp³-hybridized carbons (Fsp3) is 0.360. The highest BCUT2D eigenvalue weighted by Crippen LogP contribution is 2.49. The summed E-state index contributed by atoms with van der Waals surface area (Å²) in [4.78, 5) is 25.4. The molecule has 0 radical (unpaired) electrons. The lowest BCUT2D eigenvalue weighted by Crippen LogP contribution is -2.52. The SMILES string of the molecule is COc1ccc(CNC(=O)c2cc3cc(Cl)c4c(c3o2)C2(CCCCC2)NC(=O)N4)c(OC)c1. The number of furan rings is 1. The van der Waals surface area contributed by atoms with E-state index < -0.39 is 5.54 Å². The van der Waals surface area contributed by atoms with Gasteiger partial charge in [-0.2, -0.15) is 0 Å². The van der Waals surface area contributed by atoms with Crippen molar-refractivity contribution < 1.29 is 23.5 Å². The standard InChI is InChI=1S/C25H26ClN3O5/c1-32-16-7-6-14(18(12-16)33-2)13-27-23(30)19-11-15-10-17(26)21-20(22(15)34-19)25(29-24(31)28-21)8-4-3-5-9-25/h6-7,10-12H,3-5,8-9,13H2,1-2H3,(H,27,30)(H2,28,29,31). The van der Waals surface area contributed by atoms with Crippen LogP contribution in [-0.4, -0.2) is 26.2 Å². The molecule has 0 saturated heterocycles. The third kappa shape index (κ3) is 3.81. The average Bonchev–Trinajstić information content (AvgIpc) is 3.26. The number of anilines is 1. The summed E-state index contributed by atoms with van der Waals surface area (Å²) >= 11 is 6.57. The minimum absolute atomic E-state index is 0.176. The van der Waals surface area contributed by atoms with Crippen molar-refractivity contribution in [2.45, 2.75) is 44.2 Å². The number of hydrogen-bond acceptors (Lipinski definition) is 5. The highest BCUT2D eigenvalue weighted by atomic mass is 35.5. The first-order valence-electron chi connectivity index (χ1n) is 11.3. The van der Waals surface area contributed by atoms with Gasteiger partial charge in [-0.3, -0.25) is 4.79 Å². The molecule has 9 heteroatoms. The van der Waals surface area contributed by atoms with Crippen LogP contribution in [0.2, 0.25) is 5.02 Å². The van der Waals surface area contributed by atoms with Crippen LogP contribution in [0.25, 0.3) is 11.0 Å². The van der Waals surface area contributed by atoms with Crippen molar-refractivity contribution in [2.75, 3.05) is 19.5 Å². The van der Waals surface area contributed by atoms with E-state index in [4.69, 9.17) is 25.5 Å². The average molecular weight is 484 g/mol. The molecule has 3 aromatic rings. The van der Waals surface area contributed by atoms with Crippen molar-refractivity contribution in [3.05, 3.63) is 52.2 Å². The predicted octanol–water partition coefficient (Wildman–Crippen LogP) is 5.33. The molecule has 1 fully saturated rings. The van der Waals surface area contributed by atoms with Crippen LogP contribution >= 0.6 is 11.6 Å². The largest absolute Gasteiger partial charge is 0.497 e. The zero-order chi connectivity index (χ0) is 23.9. The Morgan fingerprint density at radius 3 is 2.68 bits per heavy atom. The molecule has 0 atom stereocenters. The summed E-state index contributed by atoms with van der Waals surface area (Å²) in [5.41, 5.74) is 2.21. The Labute approximate surface area is 201 Å². The third-order valence-corrected chi connectivity index (χ3v) is 6.99. The van der Waals surface area contributed by atoms with Crippen molar-refractivity contribution in [1.82, 2.24) is 10.6 Å². The highest BCUT2D eigenvalue weighted by molar-refractivity contribution is 6.35. The van der Waals surface area contributed by atoms with Gasteiger partial charge in [0.2, 0.25) is 0 Å². The minimum Gasteiger partial charge on any atom is -0.497 e. The molecular formula is C25H26ClN3O5. The lowest BCUT2D eigenvalue weighted by atomic mass is 9.74. The van der Waals surface area contributed by atoms with E-state index in [1.807, 2.05) is 12.1 Å². The summed E-state index contributed by atoms with van der Waals surface area (Å²) in [5, 5.41) is 9.99. The first kappa shape index (κ1) is 22.4. The molecule has 2 heterocycles. The Morgan fingerprint density at radius 1 is 1.15 bits per heavy atom. The minimum atomic E-state index is -0.554. The molecule has 0 unspecified atom stereocenters.